The predicted octanol–water partition coefficient (Wildman–Crippen LogP) is 5.06. The fourth-order valence-electron chi connectivity index (χ4n) is 5.83. The number of nitro groups is 1. The van der Waals surface area contributed by atoms with Gasteiger partial charge in [0.2, 0.25) is 11.8 Å². The Morgan fingerprint density at radius 3 is 2.41 bits per heavy atom. The van der Waals surface area contributed by atoms with Gasteiger partial charge in [-0.1, -0.05) is 58.4 Å². The molecule has 184 valence electrons. The second-order valence-electron chi connectivity index (χ2n) is 9.44. The molecule has 9 heteroatoms. The van der Waals surface area contributed by atoms with E-state index in [1.807, 2.05) is 35.2 Å². The van der Waals surface area contributed by atoms with Crippen molar-refractivity contribution in [2.45, 2.75) is 19.0 Å². The standard InChI is InChI=1S/C28H20BrN3O5/c1-15-6-11-19(32(36)37)14-21(15)31-27(34)22-23(28(31)35)25(26(33)17-7-9-18(29)10-8-17)30-13-12-16-4-2-3-5-20(16)24(22)30/h2-14,22-25H,1H3/t22-,23-,24+,25+/m1/s1. The monoisotopic (exact) mass is 557 g/mol. The van der Waals surface area contributed by atoms with Crippen molar-refractivity contribution in [1.29, 1.82) is 0 Å². The topological polar surface area (TPSA) is 101 Å². The van der Waals surface area contributed by atoms with E-state index in [9.17, 15) is 24.5 Å². The van der Waals surface area contributed by atoms with Crippen LogP contribution in [0.1, 0.15) is 33.1 Å². The van der Waals surface area contributed by atoms with E-state index in [0.717, 1.165) is 20.5 Å². The number of benzene rings is 3. The van der Waals surface area contributed by atoms with Gasteiger partial charge in [0.15, 0.2) is 5.78 Å². The highest BCUT2D eigenvalue weighted by atomic mass is 79.9. The van der Waals surface area contributed by atoms with Crippen molar-refractivity contribution in [2.24, 2.45) is 11.8 Å². The number of fused-ring (bicyclic) bond motifs is 5. The molecule has 4 atom stereocenters. The van der Waals surface area contributed by atoms with Crippen LogP contribution in [-0.2, 0) is 9.59 Å². The molecule has 2 saturated heterocycles. The maximum Gasteiger partial charge on any atom is 0.271 e. The lowest BCUT2D eigenvalue weighted by Crippen LogP contribution is -2.44. The number of halogens is 1. The van der Waals surface area contributed by atoms with Crippen LogP contribution in [0, 0.1) is 28.9 Å². The molecule has 0 aromatic heterocycles. The van der Waals surface area contributed by atoms with Crippen LogP contribution in [0.2, 0.25) is 0 Å². The molecular formula is C28H20BrN3O5. The van der Waals surface area contributed by atoms with E-state index in [0.29, 0.717) is 11.1 Å². The Morgan fingerprint density at radius 2 is 1.68 bits per heavy atom. The van der Waals surface area contributed by atoms with Gasteiger partial charge in [0.25, 0.3) is 5.69 Å². The number of nitro benzene ring substituents is 1. The van der Waals surface area contributed by atoms with Gasteiger partial charge in [-0.3, -0.25) is 24.5 Å². The number of carbonyl (C=O) groups excluding carboxylic acids is 3. The Balaban J connectivity index is 1.51. The molecule has 0 radical (unpaired) electrons. The molecule has 3 aliphatic rings. The van der Waals surface area contributed by atoms with Crippen LogP contribution >= 0.6 is 15.9 Å². The highest BCUT2D eigenvalue weighted by Gasteiger charge is 2.64. The Hall–Kier alpha value is -4.11. The zero-order chi connectivity index (χ0) is 26.0. The molecule has 0 aliphatic carbocycles. The molecule has 0 spiro atoms. The summed E-state index contributed by atoms with van der Waals surface area (Å²) in [6.07, 6.45) is 3.70. The number of Topliss-reactive ketones (excluding diaryl/α,β-unsaturated/α-hetero) is 1. The number of rotatable bonds is 4. The minimum atomic E-state index is -0.942. The minimum Gasteiger partial charge on any atom is -0.358 e. The summed E-state index contributed by atoms with van der Waals surface area (Å²) in [7, 11) is 0. The number of non-ortho nitro benzene ring substituents is 1. The maximum absolute atomic E-state index is 14.0. The molecule has 3 aromatic rings. The molecule has 3 heterocycles. The number of amides is 2. The Labute approximate surface area is 220 Å². The molecule has 6 rings (SSSR count). The number of nitrogens with zero attached hydrogens (tertiary/aromatic N) is 3. The molecule has 0 unspecified atom stereocenters. The quantitative estimate of drug-likeness (QED) is 0.192. The van der Waals surface area contributed by atoms with Gasteiger partial charge in [-0.05, 0) is 41.8 Å². The summed E-state index contributed by atoms with van der Waals surface area (Å²) in [5, 5.41) is 11.4. The fraction of sp³-hybridized carbons (Fsp3) is 0.179. The number of carbonyl (C=O) groups is 3. The second kappa shape index (κ2) is 8.48. The van der Waals surface area contributed by atoms with Crippen LogP contribution in [-0.4, -0.2) is 33.5 Å². The minimum absolute atomic E-state index is 0.180. The third-order valence-corrected chi connectivity index (χ3v) is 8.03. The van der Waals surface area contributed by atoms with E-state index in [2.05, 4.69) is 15.9 Å². The van der Waals surface area contributed by atoms with Crippen LogP contribution in [0.25, 0.3) is 6.08 Å². The first-order valence-corrected chi connectivity index (χ1v) is 12.5. The van der Waals surface area contributed by atoms with Gasteiger partial charge in [-0.25, -0.2) is 4.90 Å². The second-order valence-corrected chi connectivity index (χ2v) is 10.4. The number of aryl methyl sites for hydroxylation is 1. The van der Waals surface area contributed by atoms with Crippen LogP contribution in [0.3, 0.4) is 0 Å². The van der Waals surface area contributed by atoms with Crippen molar-refractivity contribution < 1.29 is 19.3 Å². The lowest BCUT2D eigenvalue weighted by atomic mass is 9.83. The van der Waals surface area contributed by atoms with Crippen molar-refractivity contribution in [2.75, 3.05) is 4.90 Å². The predicted molar refractivity (Wildman–Crippen MR) is 140 cm³/mol. The summed E-state index contributed by atoms with van der Waals surface area (Å²) in [5.74, 6) is -2.99. The molecule has 8 nitrogen and oxygen atoms in total. The normalized spacial score (nSPS) is 23.6. The smallest absolute Gasteiger partial charge is 0.271 e. The van der Waals surface area contributed by atoms with Crippen LogP contribution in [0.15, 0.2) is 77.4 Å². The van der Waals surface area contributed by atoms with E-state index >= 15 is 0 Å². The largest absolute Gasteiger partial charge is 0.358 e. The van der Waals surface area contributed by atoms with E-state index < -0.39 is 40.7 Å². The number of hydrogen-bond donors (Lipinski definition) is 0. The van der Waals surface area contributed by atoms with Gasteiger partial charge in [0, 0.05) is 28.4 Å². The van der Waals surface area contributed by atoms with Crippen molar-refractivity contribution in [3.05, 3.63) is 110 Å². The fourth-order valence-corrected chi connectivity index (χ4v) is 6.10. The molecule has 0 bridgehead atoms. The third-order valence-electron chi connectivity index (χ3n) is 7.50. The molecule has 0 N–H and O–H groups in total. The summed E-state index contributed by atoms with van der Waals surface area (Å²) in [5.41, 5.74) is 2.75. The first-order valence-electron chi connectivity index (χ1n) is 11.7. The average Bonchev–Trinajstić information content (AvgIpc) is 3.37. The maximum atomic E-state index is 14.0. The molecule has 2 amide bonds. The van der Waals surface area contributed by atoms with Crippen molar-refractivity contribution in [3.63, 3.8) is 0 Å². The summed E-state index contributed by atoms with van der Waals surface area (Å²) in [4.78, 5) is 55.7. The highest BCUT2D eigenvalue weighted by Crippen LogP contribution is 2.54. The zero-order valence-electron chi connectivity index (χ0n) is 19.6. The lowest BCUT2D eigenvalue weighted by molar-refractivity contribution is -0.384. The van der Waals surface area contributed by atoms with Gasteiger partial charge in [-0.15, -0.1) is 0 Å². The summed E-state index contributed by atoms with van der Waals surface area (Å²) in [6, 6.07) is 17.2. The van der Waals surface area contributed by atoms with Gasteiger partial charge in [-0.2, -0.15) is 0 Å². The number of imide groups is 1. The van der Waals surface area contributed by atoms with E-state index in [4.69, 9.17) is 0 Å². The molecule has 2 fully saturated rings. The molecule has 37 heavy (non-hydrogen) atoms. The zero-order valence-corrected chi connectivity index (χ0v) is 21.2. The van der Waals surface area contributed by atoms with Gasteiger partial charge >= 0.3 is 0 Å². The van der Waals surface area contributed by atoms with E-state index in [1.165, 1.54) is 18.2 Å². The molecular weight excluding hydrogens is 538 g/mol. The van der Waals surface area contributed by atoms with Crippen molar-refractivity contribution >= 4 is 51.0 Å². The molecule has 0 saturated carbocycles. The Morgan fingerprint density at radius 1 is 0.973 bits per heavy atom. The Kier molecular flexibility index (Phi) is 5.34. The summed E-state index contributed by atoms with van der Waals surface area (Å²) in [6.45, 7) is 1.70. The molecule has 3 aromatic carbocycles. The van der Waals surface area contributed by atoms with E-state index in [-0.39, 0.29) is 17.2 Å². The van der Waals surface area contributed by atoms with Gasteiger partial charge < -0.3 is 4.90 Å². The third kappa shape index (κ3) is 3.45. The van der Waals surface area contributed by atoms with Gasteiger partial charge in [0.05, 0.1) is 28.5 Å². The van der Waals surface area contributed by atoms with Crippen molar-refractivity contribution in [1.82, 2.24) is 4.90 Å². The van der Waals surface area contributed by atoms with Crippen LogP contribution < -0.4 is 4.90 Å². The summed E-state index contributed by atoms with van der Waals surface area (Å²) >= 11 is 3.38. The lowest BCUT2D eigenvalue weighted by Gasteiger charge is -2.35. The Bertz CT molecular complexity index is 1530. The van der Waals surface area contributed by atoms with Gasteiger partial charge in [0.1, 0.15) is 6.04 Å². The number of ketones is 1. The highest BCUT2D eigenvalue weighted by molar-refractivity contribution is 9.10. The van der Waals surface area contributed by atoms with Crippen LogP contribution in [0.4, 0.5) is 11.4 Å². The SMILES string of the molecule is Cc1ccc([N+](=O)[O-])cc1N1C(=O)[C@@H]2[C@@H](C1=O)[C@@H]1c3ccccc3C=CN1[C@@H]2C(=O)c1ccc(Br)cc1. The van der Waals surface area contributed by atoms with Crippen molar-refractivity contribution in [3.8, 4) is 0 Å². The first-order chi connectivity index (χ1) is 17.8. The summed E-state index contributed by atoms with van der Waals surface area (Å²) < 4.78 is 0.817. The molecule has 3 aliphatic heterocycles. The van der Waals surface area contributed by atoms with Crippen LogP contribution in [0.5, 0.6) is 0 Å². The van der Waals surface area contributed by atoms with E-state index in [1.54, 1.807) is 37.4 Å². The number of anilines is 1. The number of hydrogen-bond acceptors (Lipinski definition) is 6. The first kappa shape index (κ1) is 23.3. The average molecular weight is 558 g/mol.